The van der Waals surface area contributed by atoms with Gasteiger partial charge >= 0.3 is 5.97 Å². The number of carboxylic acid groups (broad SMARTS) is 1. The summed E-state index contributed by atoms with van der Waals surface area (Å²) in [7, 11) is 0. The Kier molecular flexibility index (Phi) is 5.13. The van der Waals surface area contributed by atoms with Gasteiger partial charge in [-0.1, -0.05) is 28.1 Å². The van der Waals surface area contributed by atoms with E-state index in [1.807, 2.05) is 6.07 Å². The Bertz CT molecular complexity index is 1080. The van der Waals surface area contributed by atoms with Crippen molar-refractivity contribution in [2.24, 2.45) is 5.10 Å². The van der Waals surface area contributed by atoms with Crippen LogP contribution in [0.4, 0.5) is 0 Å². The molecule has 132 valence electrons. The average Bonchev–Trinajstić information content (AvgIpc) is 2.61. The minimum atomic E-state index is -1.08. The molecule has 0 amide bonds. The van der Waals surface area contributed by atoms with Gasteiger partial charge in [-0.3, -0.25) is 4.79 Å². The van der Waals surface area contributed by atoms with Crippen LogP contribution in [0.25, 0.3) is 10.9 Å². The predicted molar refractivity (Wildman–Crippen MR) is 101 cm³/mol. The Morgan fingerprint density at radius 1 is 1.35 bits per heavy atom. The lowest BCUT2D eigenvalue weighted by Gasteiger charge is -2.08. The minimum absolute atomic E-state index is 0.297. The number of hydrogen-bond donors (Lipinski definition) is 1. The van der Waals surface area contributed by atoms with Gasteiger partial charge in [-0.2, -0.15) is 9.78 Å². The third-order valence-electron chi connectivity index (χ3n) is 3.55. The Morgan fingerprint density at radius 2 is 2.12 bits per heavy atom. The highest BCUT2D eigenvalue weighted by atomic mass is 79.9. The maximum absolute atomic E-state index is 12.7. The van der Waals surface area contributed by atoms with Crippen molar-refractivity contribution < 1.29 is 14.6 Å². The van der Waals surface area contributed by atoms with Crippen LogP contribution in [-0.4, -0.2) is 33.6 Å². The third kappa shape index (κ3) is 3.80. The standard InChI is InChI=1S/C18H14BrN3O4/c1-11-21-15-7-6-13(19)8-14(15)18(25)22(11)20-9-12-4-2-3-5-16(12)26-10-17(23)24/h2-9H,10H2,1H3,(H,23,24). The first kappa shape index (κ1) is 17.8. The quantitative estimate of drug-likeness (QED) is 0.646. The van der Waals surface area contributed by atoms with E-state index < -0.39 is 12.6 Å². The molecule has 0 spiro atoms. The molecule has 3 aromatic rings. The van der Waals surface area contributed by atoms with E-state index in [4.69, 9.17) is 9.84 Å². The molecule has 3 rings (SSSR count). The summed E-state index contributed by atoms with van der Waals surface area (Å²) in [5.74, 6) is -0.279. The highest BCUT2D eigenvalue weighted by molar-refractivity contribution is 9.10. The highest BCUT2D eigenvalue weighted by Gasteiger charge is 2.08. The average molecular weight is 416 g/mol. The van der Waals surface area contributed by atoms with Gasteiger partial charge in [0.05, 0.1) is 17.1 Å². The van der Waals surface area contributed by atoms with E-state index in [2.05, 4.69) is 26.0 Å². The fourth-order valence-electron chi connectivity index (χ4n) is 2.37. The number of benzene rings is 2. The number of aromatic nitrogens is 2. The Labute approximate surface area is 156 Å². The molecule has 1 N–H and O–H groups in total. The molecule has 0 radical (unpaired) electrons. The molecule has 0 saturated carbocycles. The lowest BCUT2D eigenvalue weighted by molar-refractivity contribution is -0.139. The number of aliphatic carboxylic acids is 1. The molecule has 0 bridgehead atoms. The number of rotatable bonds is 5. The second kappa shape index (κ2) is 7.49. The predicted octanol–water partition coefficient (Wildman–Crippen LogP) is 2.81. The van der Waals surface area contributed by atoms with Crippen LogP contribution < -0.4 is 10.3 Å². The number of hydrogen-bond acceptors (Lipinski definition) is 5. The lowest BCUT2D eigenvalue weighted by Crippen LogP contribution is -2.20. The van der Waals surface area contributed by atoms with Gasteiger partial charge in [-0.15, -0.1) is 0 Å². The number of fused-ring (bicyclic) bond motifs is 1. The van der Waals surface area contributed by atoms with E-state index in [0.29, 0.717) is 28.0 Å². The summed E-state index contributed by atoms with van der Waals surface area (Å²) < 4.78 is 7.20. The fourth-order valence-corrected chi connectivity index (χ4v) is 2.73. The third-order valence-corrected chi connectivity index (χ3v) is 4.05. The molecule has 0 unspecified atom stereocenters. The van der Waals surface area contributed by atoms with E-state index in [-0.39, 0.29) is 5.56 Å². The molecule has 1 heterocycles. The van der Waals surface area contributed by atoms with Gasteiger partial charge < -0.3 is 9.84 Å². The Hall–Kier alpha value is -3.00. The minimum Gasteiger partial charge on any atom is -0.481 e. The molecule has 0 aliphatic rings. The lowest BCUT2D eigenvalue weighted by atomic mass is 10.2. The van der Waals surface area contributed by atoms with Gasteiger partial charge in [0.1, 0.15) is 11.6 Å². The summed E-state index contributed by atoms with van der Waals surface area (Å²) in [5.41, 5.74) is 0.843. The molecule has 0 aliphatic carbocycles. The summed E-state index contributed by atoms with van der Waals surface area (Å²) in [6, 6.07) is 12.1. The molecule has 26 heavy (non-hydrogen) atoms. The summed E-state index contributed by atoms with van der Waals surface area (Å²) in [6.45, 7) is 1.22. The van der Waals surface area contributed by atoms with Crippen LogP contribution in [0.1, 0.15) is 11.4 Å². The zero-order chi connectivity index (χ0) is 18.7. The molecule has 8 heteroatoms. The van der Waals surface area contributed by atoms with Crippen molar-refractivity contribution in [3.63, 3.8) is 0 Å². The SMILES string of the molecule is Cc1nc2ccc(Br)cc2c(=O)n1N=Cc1ccccc1OCC(=O)O. The van der Waals surface area contributed by atoms with Crippen LogP contribution in [0, 0.1) is 6.92 Å². The number of ether oxygens (including phenoxy) is 1. The van der Waals surface area contributed by atoms with Gasteiger partial charge in [0.15, 0.2) is 6.61 Å². The maximum atomic E-state index is 12.7. The zero-order valence-corrected chi connectivity index (χ0v) is 15.3. The number of nitrogens with zero attached hydrogens (tertiary/aromatic N) is 3. The van der Waals surface area contributed by atoms with Gasteiger partial charge in [0.2, 0.25) is 0 Å². The van der Waals surface area contributed by atoms with Crippen molar-refractivity contribution in [1.29, 1.82) is 0 Å². The van der Waals surface area contributed by atoms with E-state index in [9.17, 15) is 9.59 Å². The first-order chi connectivity index (χ1) is 12.5. The Balaban J connectivity index is 2.02. The van der Waals surface area contributed by atoms with E-state index in [1.165, 1.54) is 10.9 Å². The number of halogens is 1. The number of carbonyl (C=O) groups is 1. The second-order valence-electron chi connectivity index (χ2n) is 5.40. The first-order valence-electron chi connectivity index (χ1n) is 7.62. The summed E-state index contributed by atoms with van der Waals surface area (Å²) in [4.78, 5) is 27.8. The summed E-state index contributed by atoms with van der Waals surface area (Å²) >= 11 is 3.34. The molecule has 0 fully saturated rings. The van der Waals surface area contributed by atoms with Crippen LogP contribution >= 0.6 is 15.9 Å². The maximum Gasteiger partial charge on any atom is 0.341 e. The molecule has 0 aliphatic heterocycles. The van der Waals surface area contributed by atoms with Crippen LogP contribution in [0.2, 0.25) is 0 Å². The van der Waals surface area contributed by atoms with Crippen LogP contribution in [0.3, 0.4) is 0 Å². The monoisotopic (exact) mass is 415 g/mol. The van der Waals surface area contributed by atoms with Gasteiger partial charge in [0.25, 0.3) is 5.56 Å². The normalized spacial score (nSPS) is 11.2. The smallest absolute Gasteiger partial charge is 0.341 e. The van der Waals surface area contributed by atoms with Crippen LogP contribution in [-0.2, 0) is 4.79 Å². The zero-order valence-electron chi connectivity index (χ0n) is 13.7. The van der Waals surface area contributed by atoms with Crippen LogP contribution in [0.5, 0.6) is 5.75 Å². The van der Waals surface area contributed by atoms with Crippen molar-refractivity contribution in [1.82, 2.24) is 9.66 Å². The van der Waals surface area contributed by atoms with E-state index >= 15 is 0 Å². The van der Waals surface area contributed by atoms with Gasteiger partial charge in [0, 0.05) is 10.0 Å². The topological polar surface area (TPSA) is 93.8 Å². The van der Waals surface area contributed by atoms with Crippen molar-refractivity contribution in [2.75, 3.05) is 6.61 Å². The number of aryl methyl sites for hydroxylation is 1. The summed E-state index contributed by atoms with van der Waals surface area (Å²) in [5, 5.41) is 13.4. The summed E-state index contributed by atoms with van der Waals surface area (Å²) in [6.07, 6.45) is 1.44. The molecule has 1 aromatic heterocycles. The van der Waals surface area contributed by atoms with Crippen molar-refractivity contribution in [2.45, 2.75) is 6.92 Å². The van der Waals surface area contributed by atoms with Crippen LogP contribution in [0.15, 0.2) is 56.8 Å². The van der Waals surface area contributed by atoms with E-state index in [0.717, 1.165) is 4.47 Å². The number of carboxylic acids is 1. The van der Waals surface area contributed by atoms with Crippen molar-refractivity contribution in [3.05, 3.63) is 68.7 Å². The van der Waals surface area contributed by atoms with Crippen molar-refractivity contribution >= 4 is 39.0 Å². The molecule has 0 saturated heterocycles. The largest absolute Gasteiger partial charge is 0.481 e. The number of para-hydroxylation sites is 1. The van der Waals surface area contributed by atoms with E-state index in [1.54, 1.807) is 43.3 Å². The van der Waals surface area contributed by atoms with Gasteiger partial charge in [-0.25, -0.2) is 9.78 Å². The van der Waals surface area contributed by atoms with Crippen molar-refractivity contribution in [3.8, 4) is 5.75 Å². The highest BCUT2D eigenvalue weighted by Crippen LogP contribution is 2.17. The Morgan fingerprint density at radius 3 is 2.88 bits per heavy atom. The molecule has 7 nitrogen and oxygen atoms in total. The fraction of sp³-hybridized carbons (Fsp3) is 0.111. The molecule has 2 aromatic carbocycles. The molecular formula is C18H14BrN3O4. The van der Waals surface area contributed by atoms with Gasteiger partial charge in [-0.05, 0) is 37.3 Å². The molecule has 0 atom stereocenters. The first-order valence-corrected chi connectivity index (χ1v) is 8.42. The molecular weight excluding hydrogens is 402 g/mol. The second-order valence-corrected chi connectivity index (χ2v) is 6.32.